The first-order chi connectivity index (χ1) is 11.9. The number of ether oxygens (including phenoxy) is 2. The molecule has 0 saturated heterocycles. The van der Waals surface area contributed by atoms with Crippen molar-refractivity contribution in [3.8, 4) is 0 Å². The molecule has 6 nitrogen and oxygen atoms in total. The van der Waals surface area contributed by atoms with Gasteiger partial charge in [-0.2, -0.15) is 0 Å². The van der Waals surface area contributed by atoms with E-state index in [1.165, 1.54) is 12.8 Å². The summed E-state index contributed by atoms with van der Waals surface area (Å²) < 4.78 is 13.2. The predicted molar refractivity (Wildman–Crippen MR) is 102 cm³/mol. The van der Waals surface area contributed by atoms with E-state index in [0.29, 0.717) is 31.3 Å². The molecule has 0 unspecified atom stereocenters. The van der Waals surface area contributed by atoms with Crippen molar-refractivity contribution in [1.29, 1.82) is 0 Å². The zero-order valence-electron chi connectivity index (χ0n) is 16.9. The Labute approximate surface area is 153 Å². The number of nitrogens with one attached hydrogen (secondary N) is 1. The lowest BCUT2D eigenvalue weighted by molar-refractivity contribution is 0.0418. The Kier molecular flexibility index (Phi) is 10.9. The summed E-state index contributed by atoms with van der Waals surface area (Å²) in [6, 6.07) is 0.501. The van der Waals surface area contributed by atoms with Gasteiger partial charge in [-0.25, -0.2) is 4.68 Å². The molecule has 0 fully saturated rings. The van der Waals surface area contributed by atoms with E-state index in [4.69, 9.17) is 9.47 Å². The van der Waals surface area contributed by atoms with Gasteiger partial charge in [-0.15, -0.1) is 5.10 Å². The molecule has 1 aromatic rings. The molecule has 0 aliphatic carbocycles. The minimum atomic E-state index is 0.425. The van der Waals surface area contributed by atoms with Crippen LogP contribution in [0.25, 0.3) is 0 Å². The molecule has 0 spiro atoms. The average Bonchev–Trinajstić information content (AvgIpc) is 2.95. The predicted octanol–water partition coefficient (Wildman–Crippen LogP) is 3.07. The topological polar surface area (TPSA) is 61.2 Å². The highest BCUT2D eigenvalue weighted by Gasteiger charge is 2.08. The lowest BCUT2D eigenvalue weighted by Crippen LogP contribution is -2.26. The third-order valence-electron chi connectivity index (χ3n) is 3.92. The number of nitrogens with zero attached hydrogens (tertiary/aromatic N) is 3. The van der Waals surface area contributed by atoms with E-state index < -0.39 is 0 Å². The minimum Gasteiger partial charge on any atom is -0.379 e. The van der Waals surface area contributed by atoms with Crippen LogP contribution in [-0.4, -0.2) is 54.0 Å². The molecule has 1 heterocycles. The average molecular weight is 355 g/mol. The molecule has 0 atom stereocenters. The third-order valence-corrected chi connectivity index (χ3v) is 3.92. The molecule has 0 bridgehead atoms. The first-order valence-electron chi connectivity index (χ1n) is 9.65. The van der Waals surface area contributed by atoms with Crippen LogP contribution in [0.1, 0.15) is 59.6 Å². The summed E-state index contributed by atoms with van der Waals surface area (Å²) in [4.78, 5) is 0. The molecular formula is C19H38N4O2. The van der Waals surface area contributed by atoms with E-state index in [9.17, 15) is 0 Å². The zero-order valence-corrected chi connectivity index (χ0v) is 16.9. The van der Waals surface area contributed by atoms with Crippen molar-refractivity contribution in [2.45, 2.75) is 72.9 Å². The Morgan fingerprint density at radius 1 is 1.08 bits per heavy atom. The fourth-order valence-corrected chi connectivity index (χ4v) is 2.48. The second kappa shape index (κ2) is 12.4. The molecule has 0 aliphatic rings. The smallest absolute Gasteiger partial charge is 0.0725 e. The van der Waals surface area contributed by atoms with Gasteiger partial charge in [0.25, 0.3) is 0 Å². The van der Waals surface area contributed by atoms with E-state index in [1.54, 1.807) is 0 Å². The van der Waals surface area contributed by atoms with Crippen molar-refractivity contribution >= 4 is 0 Å². The van der Waals surface area contributed by atoms with E-state index in [0.717, 1.165) is 38.2 Å². The fraction of sp³-hybridized carbons (Fsp3) is 0.895. The Balaban J connectivity index is 1.99. The van der Waals surface area contributed by atoms with Gasteiger partial charge < -0.3 is 14.8 Å². The van der Waals surface area contributed by atoms with Crippen molar-refractivity contribution < 1.29 is 9.47 Å². The van der Waals surface area contributed by atoms with Crippen LogP contribution >= 0.6 is 0 Å². The van der Waals surface area contributed by atoms with Crippen LogP contribution in [0.4, 0.5) is 0 Å². The summed E-state index contributed by atoms with van der Waals surface area (Å²) in [7, 11) is 0. The van der Waals surface area contributed by atoms with Crippen LogP contribution in [0.3, 0.4) is 0 Å². The highest BCUT2D eigenvalue weighted by atomic mass is 16.5. The molecule has 0 aromatic carbocycles. The van der Waals surface area contributed by atoms with Crippen molar-refractivity contribution in [3.63, 3.8) is 0 Å². The molecule has 146 valence electrons. The van der Waals surface area contributed by atoms with Crippen molar-refractivity contribution in [2.75, 3.05) is 33.0 Å². The molecule has 25 heavy (non-hydrogen) atoms. The zero-order chi connectivity index (χ0) is 18.5. The summed E-state index contributed by atoms with van der Waals surface area (Å²) in [6.45, 7) is 15.6. The van der Waals surface area contributed by atoms with Gasteiger partial charge in [0.2, 0.25) is 0 Å². The molecule has 0 aliphatic heterocycles. The number of unbranched alkanes of at least 4 members (excludes halogenated alkanes) is 1. The minimum absolute atomic E-state index is 0.425. The van der Waals surface area contributed by atoms with Crippen LogP contribution in [0.2, 0.25) is 0 Å². The van der Waals surface area contributed by atoms with Crippen molar-refractivity contribution in [2.24, 2.45) is 5.41 Å². The lowest BCUT2D eigenvalue weighted by Gasteiger charge is -2.17. The van der Waals surface area contributed by atoms with Crippen LogP contribution in [-0.2, 0) is 22.4 Å². The van der Waals surface area contributed by atoms with E-state index in [1.807, 2.05) is 10.9 Å². The van der Waals surface area contributed by atoms with Gasteiger partial charge in [0, 0.05) is 25.6 Å². The van der Waals surface area contributed by atoms with Crippen LogP contribution in [0.5, 0.6) is 0 Å². The lowest BCUT2D eigenvalue weighted by atomic mass is 9.90. The Morgan fingerprint density at radius 2 is 1.80 bits per heavy atom. The standard InChI is InChI=1S/C19H38N4O2/c1-17(2)20-10-8-18-16-21-22-23(18)11-13-25-15-14-24-12-7-6-9-19(3,4)5/h16-17,20H,6-15H2,1-5H3. The molecule has 0 radical (unpaired) electrons. The Bertz CT molecular complexity index is 441. The largest absolute Gasteiger partial charge is 0.379 e. The normalized spacial score (nSPS) is 12.2. The van der Waals surface area contributed by atoms with Gasteiger partial charge in [0.15, 0.2) is 0 Å². The number of hydrogen-bond donors (Lipinski definition) is 1. The van der Waals surface area contributed by atoms with Gasteiger partial charge in [0.05, 0.1) is 38.3 Å². The number of hydrogen-bond acceptors (Lipinski definition) is 5. The quantitative estimate of drug-likeness (QED) is 0.520. The number of rotatable bonds is 14. The van der Waals surface area contributed by atoms with E-state index in [-0.39, 0.29) is 0 Å². The Hall–Kier alpha value is -0.980. The summed E-state index contributed by atoms with van der Waals surface area (Å²) >= 11 is 0. The molecule has 1 N–H and O–H groups in total. The second-order valence-corrected chi connectivity index (χ2v) is 8.05. The molecule has 1 aromatic heterocycles. The SMILES string of the molecule is CC(C)NCCc1cnnn1CCOCCOCCCCC(C)(C)C. The van der Waals surface area contributed by atoms with Crippen LogP contribution in [0, 0.1) is 5.41 Å². The first kappa shape index (κ1) is 22.1. The van der Waals surface area contributed by atoms with E-state index >= 15 is 0 Å². The summed E-state index contributed by atoms with van der Waals surface area (Å²) in [6.07, 6.45) is 6.38. The highest BCUT2D eigenvalue weighted by molar-refractivity contribution is 4.94. The monoisotopic (exact) mass is 354 g/mol. The number of aromatic nitrogens is 3. The first-order valence-corrected chi connectivity index (χ1v) is 9.65. The molecule has 0 saturated carbocycles. The molecular weight excluding hydrogens is 316 g/mol. The second-order valence-electron chi connectivity index (χ2n) is 8.05. The summed E-state index contributed by atoms with van der Waals surface area (Å²) in [5, 5.41) is 11.5. The molecule has 6 heteroatoms. The van der Waals surface area contributed by atoms with Gasteiger partial charge in [0.1, 0.15) is 0 Å². The van der Waals surface area contributed by atoms with Gasteiger partial charge in [-0.1, -0.05) is 46.3 Å². The summed E-state index contributed by atoms with van der Waals surface area (Å²) in [5.41, 5.74) is 1.57. The van der Waals surface area contributed by atoms with Gasteiger partial charge >= 0.3 is 0 Å². The van der Waals surface area contributed by atoms with Gasteiger partial charge in [-0.05, 0) is 18.3 Å². The Morgan fingerprint density at radius 3 is 2.48 bits per heavy atom. The molecule has 1 rings (SSSR count). The highest BCUT2D eigenvalue weighted by Crippen LogP contribution is 2.21. The van der Waals surface area contributed by atoms with Crippen molar-refractivity contribution in [3.05, 3.63) is 11.9 Å². The van der Waals surface area contributed by atoms with Gasteiger partial charge in [-0.3, -0.25) is 0 Å². The maximum absolute atomic E-state index is 5.64. The van der Waals surface area contributed by atoms with Crippen LogP contribution < -0.4 is 5.32 Å². The fourth-order valence-electron chi connectivity index (χ4n) is 2.48. The maximum Gasteiger partial charge on any atom is 0.0725 e. The van der Waals surface area contributed by atoms with Crippen molar-refractivity contribution in [1.82, 2.24) is 20.3 Å². The van der Waals surface area contributed by atoms with Crippen LogP contribution in [0.15, 0.2) is 6.20 Å². The summed E-state index contributed by atoms with van der Waals surface area (Å²) in [5.74, 6) is 0. The maximum atomic E-state index is 5.64. The molecule has 0 amide bonds. The van der Waals surface area contributed by atoms with E-state index in [2.05, 4.69) is 50.2 Å². The third kappa shape index (κ3) is 12.1.